The maximum atomic E-state index is 12.4. The van der Waals surface area contributed by atoms with E-state index in [0.717, 1.165) is 56.7 Å². The summed E-state index contributed by atoms with van der Waals surface area (Å²) in [5, 5.41) is 10.6. The molecule has 3 rings (SSSR count). The zero-order valence-electron chi connectivity index (χ0n) is 14.0. The third kappa shape index (κ3) is 3.65. The van der Waals surface area contributed by atoms with E-state index in [1.165, 1.54) is 6.42 Å². The summed E-state index contributed by atoms with van der Waals surface area (Å²) in [6, 6.07) is -0.0824. The summed E-state index contributed by atoms with van der Waals surface area (Å²) >= 11 is 0. The number of nitrogens with one attached hydrogen (secondary N) is 2. The Bertz CT molecular complexity index is 545. The number of hydrogen-bond acceptors (Lipinski definition) is 4. The zero-order valence-corrected chi connectivity index (χ0v) is 14.0. The number of rotatable bonds is 4. The highest BCUT2D eigenvalue weighted by Crippen LogP contribution is 2.24. The molecule has 2 amide bonds. The maximum Gasteiger partial charge on any atom is 0.315 e. The minimum atomic E-state index is -0.126. The van der Waals surface area contributed by atoms with Crippen LogP contribution in [-0.4, -0.2) is 40.1 Å². The number of amides is 2. The molecule has 2 heterocycles. The zero-order chi connectivity index (χ0) is 16.2. The first-order valence-electron chi connectivity index (χ1n) is 8.74. The van der Waals surface area contributed by atoms with E-state index >= 15 is 0 Å². The van der Waals surface area contributed by atoms with Gasteiger partial charge in [-0.2, -0.15) is 5.10 Å². The van der Waals surface area contributed by atoms with Gasteiger partial charge in [-0.1, -0.05) is 19.8 Å². The molecule has 1 fully saturated rings. The van der Waals surface area contributed by atoms with Crippen LogP contribution in [0.1, 0.15) is 63.1 Å². The Morgan fingerprint density at radius 2 is 2.09 bits per heavy atom. The highest BCUT2D eigenvalue weighted by molar-refractivity contribution is 5.74. The van der Waals surface area contributed by atoms with E-state index in [0.29, 0.717) is 0 Å². The van der Waals surface area contributed by atoms with Gasteiger partial charge in [-0.25, -0.2) is 14.5 Å². The smallest absolute Gasteiger partial charge is 0.315 e. The van der Waals surface area contributed by atoms with Gasteiger partial charge in [0.05, 0.1) is 18.2 Å². The van der Waals surface area contributed by atoms with E-state index in [1.807, 2.05) is 11.6 Å². The van der Waals surface area contributed by atoms with Gasteiger partial charge in [0.1, 0.15) is 5.82 Å². The fourth-order valence-corrected chi connectivity index (χ4v) is 3.60. The van der Waals surface area contributed by atoms with E-state index in [1.54, 1.807) is 7.11 Å². The van der Waals surface area contributed by atoms with Crippen molar-refractivity contribution >= 4 is 6.03 Å². The van der Waals surface area contributed by atoms with Crippen LogP contribution in [0.4, 0.5) is 4.79 Å². The van der Waals surface area contributed by atoms with Gasteiger partial charge < -0.3 is 15.4 Å². The number of fused-ring (bicyclic) bond motifs is 1. The number of carbonyl (C=O) groups is 1. The van der Waals surface area contributed by atoms with Crippen molar-refractivity contribution in [3.63, 3.8) is 0 Å². The molecule has 0 spiro atoms. The fourth-order valence-electron chi connectivity index (χ4n) is 3.60. The van der Waals surface area contributed by atoms with Crippen LogP contribution in [0, 0.1) is 0 Å². The van der Waals surface area contributed by atoms with Crippen molar-refractivity contribution in [1.82, 2.24) is 25.4 Å². The second kappa shape index (κ2) is 7.29. The van der Waals surface area contributed by atoms with Crippen molar-refractivity contribution < 1.29 is 9.53 Å². The normalized spacial score (nSPS) is 27.3. The Morgan fingerprint density at radius 3 is 2.87 bits per heavy atom. The molecule has 7 nitrogen and oxygen atoms in total. The molecule has 2 aliphatic rings. The van der Waals surface area contributed by atoms with E-state index < -0.39 is 0 Å². The number of aromatic nitrogens is 3. The predicted molar refractivity (Wildman–Crippen MR) is 86.1 cm³/mol. The summed E-state index contributed by atoms with van der Waals surface area (Å²) in [7, 11) is 1.72. The number of carbonyl (C=O) groups excluding carboxylic acids is 1. The van der Waals surface area contributed by atoms with Crippen molar-refractivity contribution in [3.05, 3.63) is 11.6 Å². The lowest BCUT2D eigenvalue weighted by atomic mass is 9.92. The number of ether oxygens (including phenoxy) is 1. The van der Waals surface area contributed by atoms with Crippen molar-refractivity contribution in [1.29, 1.82) is 0 Å². The summed E-state index contributed by atoms with van der Waals surface area (Å²) in [6.45, 7) is 2.93. The minimum Gasteiger partial charge on any atom is -0.379 e. The first-order valence-corrected chi connectivity index (χ1v) is 8.74. The third-order valence-corrected chi connectivity index (χ3v) is 4.86. The first-order chi connectivity index (χ1) is 11.2. The molecule has 3 atom stereocenters. The van der Waals surface area contributed by atoms with Gasteiger partial charge in [0.2, 0.25) is 0 Å². The van der Waals surface area contributed by atoms with Gasteiger partial charge >= 0.3 is 6.03 Å². The molecule has 128 valence electrons. The van der Waals surface area contributed by atoms with Gasteiger partial charge in [0.15, 0.2) is 5.82 Å². The molecular weight excluding hydrogens is 294 g/mol. The molecule has 1 aromatic heterocycles. The van der Waals surface area contributed by atoms with Crippen LogP contribution in [0.15, 0.2) is 0 Å². The van der Waals surface area contributed by atoms with Crippen LogP contribution in [0.3, 0.4) is 0 Å². The number of methoxy groups -OCH3 is 1. The minimum absolute atomic E-state index is 0.0545. The monoisotopic (exact) mass is 321 g/mol. The Hall–Kier alpha value is -1.63. The quantitative estimate of drug-likeness (QED) is 0.888. The molecule has 1 aliphatic carbocycles. The topological polar surface area (TPSA) is 81.1 Å². The number of urea groups is 1. The number of nitrogens with zero attached hydrogens (tertiary/aromatic N) is 3. The van der Waals surface area contributed by atoms with E-state index in [9.17, 15) is 4.79 Å². The van der Waals surface area contributed by atoms with Gasteiger partial charge in [0.25, 0.3) is 0 Å². The Balaban J connectivity index is 1.61. The summed E-state index contributed by atoms with van der Waals surface area (Å²) < 4.78 is 7.44. The van der Waals surface area contributed by atoms with Crippen molar-refractivity contribution in [2.24, 2.45) is 0 Å². The summed E-state index contributed by atoms with van der Waals surface area (Å²) in [5.41, 5.74) is 0. The summed E-state index contributed by atoms with van der Waals surface area (Å²) in [6.07, 6.45) is 7.16. The highest BCUT2D eigenvalue weighted by Gasteiger charge is 2.29. The first kappa shape index (κ1) is 16.2. The molecule has 2 N–H and O–H groups in total. The van der Waals surface area contributed by atoms with Crippen molar-refractivity contribution in [3.8, 4) is 0 Å². The van der Waals surface area contributed by atoms with E-state index in [2.05, 4.69) is 20.7 Å². The van der Waals surface area contributed by atoms with Gasteiger partial charge in [0, 0.05) is 20.1 Å². The Morgan fingerprint density at radius 1 is 1.26 bits per heavy atom. The van der Waals surface area contributed by atoms with E-state index in [-0.39, 0.29) is 24.2 Å². The van der Waals surface area contributed by atoms with Crippen molar-refractivity contribution in [2.45, 2.75) is 76.6 Å². The molecule has 1 aromatic rings. The molecule has 0 aromatic carbocycles. The molecule has 0 bridgehead atoms. The lowest BCUT2D eigenvalue weighted by Crippen LogP contribution is -2.50. The largest absolute Gasteiger partial charge is 0.379 e. The maximum absolute atomic E-state index is 12.4. The predicted octanol–water partition coefficient (Wildman–Crippen LogP) is 1.93. The van der Waals surface area contributed by atoms with Gasteiger partial charge in [-0.05, 0) is 25.7 Å². The van der Waals surface area contributed by atoms with Crippen LogP contribution in [0.5, 0.6) is 0 Å². The number of hydrogen-bond donors (Lipinski definition) is 2. The second-order valence-electron chi connectivity index (χ2n) is 6.44. The van der Waals surface area contributed by atoms with Crippen LogP contribution in [0.2, 0.25) is 0 Å². The van der Waals surface area contributed by atoms with Crippen LogP contribution in [0.25, 0.3) is 0 Å². The average Bonchev–Trinajstić information content (AvgIpc) is 2.99. The molecule has 1 aliphatic heterocycles. The standard InChI is InChI=1S/C16H27N5O2/c1-3-14-19-15-12(8-6-10-21(15)20-14)18-16(22)17-11-7-4-5-9-13(11)23-2/h11-13H,3-10H2,1-2H3,(H2,17,18,22)/t11-,12+,13+/m1/s1. The lowest BCUT2D eigenvalue weighted by molar-refractivity contribution is 0.0450. The SMILES string of the molecule is CCc1nc2n(n1)CCC[C@@H]2NC(=O)N[C@@H]1CCCC[C@@H]1OC. The molecule has 0 radical (unpaired) electrons. The Labute approximate surface area is 137 Å². The summed E-state index contributed by atoms with van der Waals surface area (Å²) in [4.78, 5) is 17.0. The highest BCUT2D eigenvalue weighted by atomic mass is 16.5. The Kier molecular flexibility index (Phi) is 5.15. The molecule has 0 saturated heterocycles. The van der Waals surface area contributed by atoms with Crippen LogP contribution in [-0.2, 0) is 17.7 Å². The number of aryl methyl sites for hydroxylation is 2. The molecule has 23 heavy (non-hydrogen) atoms. The third-order valence-electron chi connectivity index (χ3n) is 4.86. The van der Waals surface area contributed by atoms with Gasteiger partial charge in [-0.15, -0.1) is 0 Å². The lowest BCUT2D eigenvalue weighted by Gasteiger charge is -2.32. The molecule has 1 saturated carbocycles. The van der Waals surface area contributed by atoms with Gasteiger partial charge in [-0.3, -0.25) is 0 Å². The van der Waals surface area contributed by atoms with Crippen LogP contribution < -0.4 is 10.6 Å². The van der Waals surface area contributed by atoms with E-state index in [4.69, 9.17) is 4.74 Å². The van der Waals surface area contributed by atoms with Crippen LogP contribution >= 0.6 is 0 Å². The molecule has 0 unspecified atom stereocenters. The average molecular weight is 321 g/mol. The fraction of sp³-hybridized carbons (Fsp3) is 0.812. The second-order valence-corrected chi connectivity index (χ2v) is 6.44. The summed E-state index contributed by atoms with van der Waals surface area (Å²) in [5.74, 6) is 1.73. The molecule has 7 heteroatoms. The van der Waals surface area contributed by atoms with Crippen molar-refractivity contribution in [2.75, 3.05) is 7.11 Å². The molecular formula is C16H27N5O2.